The molecule has 2 rings (SSSR count). The number of nitrogens with one attached hydrogen (secondary N) is 1. The van der Waals surface area contributed by atoms with Gasteiger partial charge in [-0.05, 0) is 48.5 Å². The minimum atomic E-state index is -0.270. The van der Waals surface area contributed by atoms with E-state index in [-0.39, 0.29) is 11.1 Å². The van der Waals surface area contributed by atoms with Crippen molar-refractivity contribution in [3.05, 3.63) is 52.9 Å². The molecule has 0 atom stereocenters. The van der Waals surface area contributed by atoms with Crippen LogP contribution in [0.15, 0.2) is 41.0 Å². The third-order valence-corrected chi connectivity index (χ3v) is 3.64. The molecule has 112 valence electrons. The molecule has 21 heavy (non-hydrogen) atoms. The molecule has 4 nitrogen and oxygen atoms in total. The van der Waals surface area contributed by atoms with Crippen molar-refractivity contribution in [3.8, 4) is 0 Å². The van der Waals surface area contributed by atoms with E-state index in [4.69, 9.17) is 16.0 Å². The van der Waals surface area contributed by atoms with Crippen LogP contribution in [0.5, 0.6) is 0 Å². The Kier molecular flexibility index (Phi) is 5.42. The van der Waals surface area contributed by atoms with E-state index in [1.165, 1.54) is 6.26 Å². The van der Waals surface area contributed by atoms with Crippen molar-refractivity contribution in [3.63, 3.8) is 0 Å². The van der Waals surface area contributed by atoms with Gasteiger partial charge in [-0.15, -0.1) is 0 Å². The largest absolute Gasteiger partial charge is 0.452 e. The molecule has 1 amide bonds. The van der Waals surface area contributed by atoms with Gasteiger partial charge in [0, 0.05) is 12.2 Å². The SMILES string of the molecule is CCN(CC)Cc1cccc(NC(=O)c2ccoc2Cl)c1. The van der Waals surface area contributed by atoms with Crippen molar-refractivity contribution in [2.45, 2.75) is 20.4 Å². The van der Waals surface area contributed by atoms with Gasteiger partial charge in [-0.3, -0.25) is 9.69 Å². The second-order valence-electron chi connectivity index (χ2n) is 4.72. The van der Waals surface area contributed by atoms with Crippen LogP contribution >= 0.6 is 11.6 Å². The Hall–Kier alpha value is -1.78. The first kappa shape index (κ1) is 15.6. The molecule has 1 heterocycles. The Morgan fingerprint density at radius 1 is 1.29 bits per heavy atom. The first-order chi connectivity index (χ1) is 10.1. The Labute approximate surface area is 129 Å². The fourth-order valence-corrected chi connectivity index (χ4v) is 2.31. The Bertz CT molecular complexity index is 606. The maximum Gasteiger partial charge on any atom is 0.260 e. The van der Waals surface area contributed by atoms with Crippen LogP contribution in [0.4, 0.5) is 5.69 Å². The normalized spacial score (nSPS) is 10.9. The number of rotatable bonds is 6. The molecule has 0 saturated carbocycles. The molecular weight excluding hydrogens is 288 g/mol. The van der Waals surface area contributed by atoms with E-state index in [9.17, 15) is 4.79 Å². The molecular formula is C16H19ClN2O2. The predicted octanol–water partition coefficient (Wildman–Crippen LogP) is 4.03. The Morgan fingerprint density at radius 3 is 2.67 bits per heavy atom. The average Bonchev–Trinajstić information content (AvgIpc) is 2.91. The second kappa shape index (κ2) is 7.29. The number of carbonyl (C=O) groups is 1. The first-order valence-electron chi connectivity index (χ1n) is 6.99. The topological polar surface area (TPSA) is 45.5 Å². The zero-order chi connectivity index (χ0) is 15.2. The van der Waals surface area contributed by atoms with Crippen molar-refractivity contribution in [2.24, 2.45) is 0 Å². The van der Waals surface area contributed by atoms with E-state index >= 15 is 0 Å². The fraction of sp³-hybridized carbons (Fsp3) is 0.312. The molecule has 0 radical (unpaired) electrons. The van der Waals surface area contributed by atoms with Gasteiger partial charge in [-0.2, -0.15) is 0 Å². The molecule has 0 fully saturated rings. The minimum absolute atomic E-state index is 0.104. The number of hydrogen-bond donors (Lipinski definition) is 1. The minimum Gasteiger partial charge on any atom is -0.452 e. The summed E-state index contributed by atoms with van der Waals surface area (Å²) in [6.07, 6.45) is 1.40. The van der Waals surface area contributed by atoms with Gasteiger partial charge >= 0.3 is 0 Å². The zero-order valence-electron chi connectivity index (χ0n) is 12.2. The molecule has 1 aromatic carbocycles. The highest BCUT2D eigenvalue weighted by Gasteiger charge is 2.13. The van der Waals surface area contributed by atoms with Crippen LogP contribution in [0.2, 0.25) is 5.22 Å². The molecule has 5 heteroatoms. The van der Waals surface area contributed by atoms with Crippen molar-refractivity contribution >= 4 is 23.2 Å². The summed E-state index contributed by atoms with van der Waals surface area (Å²) < 4.78 is 4.93. The molecule has 0 unspecified atom stereocenters. The Morgan fingerprint density at radius 2 is 2.05 bits per heavy atom. The smallest absolute Gasteiger partial charge is 0.260 e. The number of amides is 1. The summed E-state index contributed by atoms with van der Waals surface area (Å²) in [5, 5.41) is 2.94. The number of furan rings is 1. The lowest BCUT2D eigenvalue weighted by Gasteiger charge is -2.18. The third-order valence-electron chi connectivity index (χ3n) is 3.35. The zero-order valence-corrected chi connectivity index (χ0v) is 13.0. The fourth-order valence-electron chi connectivity index (χ4n) is 2.11. The number of halogens is 1. The molecule has 0 aliphatic heterocycles. The monoisotopic (exact) mass is 306 g/mol. The van der Waals surface area contributed by atoms with Gasteiger partial charge in [0.25, 0.3) is 5.91 Å². The van der Waals surface area contributed by atoms with Gasteiger partial charge in [-0.1, -0.05) is 26.0 Å². The highest BCUT2D eigenvalue weighted by Crippen LogP contribution is 2.19. The summed E-state index contributed by atoms with van der Waals surface area (Å²) in [6, 6.07) is 9.38. The summed E-state index contributed by atoms with van der Waals surface area (Å²) in [6.45, 7) is 7.13. The molecule has 1 N–H and O–H groups in total. The van der Waals surface area contributed by atoms with E-state index in [0.717, 1.165) is 30.9 Å². The average molecular weight is 307 g/mol. The number of benzene rings is 1. The van der Waals surface area contributed by atoms with E-state index < -0.39 is 0 Å². The van der Waals surface area contributed by atoms with Crippen LogP contribution in [0.1, 0.15) is 29.8 Å². The molecule has 0 bridgehead atoms. The highest BCUT2D eigenvalue weighted by atomic mass is 35.5. The number of nitrogens with zero attached hydrogens (tertiary/aromatic N) is 1. The van der Waals surface area contributed by atoms with Crippen molar-refractivity contribution in [1.82, 2.24) is 4.90 Å². The lowest BCUT2D eigenvalue weighted by atomic mass is 10.2. The molecule has 0 saturated heterocycles. The molecule has 1 aromatic heterocycles. The van der Waals surface area contributed by atoms with Gasteiger partial charge in [0.2, 0.25) is 5.22 Å². The summed E-state index contributed by atoms with van der Waals surface area (Å²) in [4.78, 5) is 14.4. The van der Waals surface area contributed by atoms with E-state index in [0.29, 0.717) is 5.56 Å². The third kappa shape index (κ3) is 4.09. The van der Waals surface area contributed by atoms with Gasteiger partial charge in [0.1, 0.15) is 0 Å². The van der Waals surface area contributed by atoms with E-state index in [2.05, 4.69) is 30.1 Å². The predicted molar refractivity (Wildman–Crippen MR) is 84.7 cm³/mol. The van der Waals surface area contributed by atoms with Crippen molar-refractivity contribution < 1.29 is 9.21 Å². The van der Waals surface area contributed by atoms with Crippen LogP contribution < -0.4 is 5.32 Å². The van der Waals surface area contributed by atoms with Gasteiger partial charge in [-0.25, -0.2) is 0 Å². The van der Waals surface area contributed by atoms with Crippen LogP contribution in [-0.4, -0.2) is 23.9 Å². The van der Waals surface area contributed by atoms with Gasteiger partial charge in [0.05, 0.1) is 11.8 Å². The molecule has 0 aliphatic carbocycles. The van der Waals surface area contributed by atoms with E-state index in [1.807, 2.05) is 18.2 Å². The van der Waals surface area contributed by atoms with Crippen LogP contribution in [-0.2, 0) is 6.54 Å². The van der Waals surface area contributed by atoms with Crippen LogP contribution in [0.25, 0.3) is 0 Å². The Balaban J connectivity index is 2.07. The van der Waals surface area contributed by atoms with Crippen LogP contribution in [0, 0.1) is 0 Å². The maximum absolute atomic E-state index is 12.1. The summed E-state index contributed by atoms with van der Waals surface area (Å²) in [7, 11) is 0. The van der Waals surface area contributed by atoms with Crippen molar-refractivity contribution in [1.29, 1.82) is 0 Å². The second-order valence-corrected chi connectivity index (χ2v) is 5.07. The standard InChI is InChI=1S/C16H19ClN2O2/c1-3-19(4-2)11-12-6-5-7-13(10-12)18-16(20)14-8-9-21-15(14)17/h5-10H,3-4,11H2,1-2H3,(H,18,20). The van der Waals surface area contributed by atoms with E-state index in [1.54, 1.807) is 6.07 Å². The number of carbonyl (C=O) groups excluding carboxylic acids is 1. The molecule has 0 aliphatic rings. The lowest BCUT2D eigenvalue weighted by Crippen LogP contribution is -2.22. The van der Waals surface area contributed by atoms with Crippen LogP contribution in [0.3, 0.4) is 0 Å². The molecule has 2 aromatic rings. The summed E-state index contributed by atoms with van der Waals surface area (Å²) in [5.41, 5.74) is 2.25. The molecule has 0 spiro atoms. The number of anilines is 1. The van der Waals surface area contributed by atoms with Gasteiger partial charge in [0.15, 0.2) is 0 Å². The number of hydrogen-bond acceptors (Lipinski definition) is 3. The van der Waals surface area contributed by atoms with Crippen molar-refractivity contribution in [2.75, 3.05) is 18.4 Å². The quantitative estimate of drug-likeness (QED) is 0.876. The first-order valence-corrected chi connectivity index (χ1v) is 7.37. The summed E-state index contributed by atoms with van der Waals surface area (Å²) in [5.74, 6) is -0.270. The maximum atomic E-state index is 12.1. The summed E-state index contributed by atoms with van der Waals surface area (Å²) >= 11 is 5.80. The lowest BCUT2D eigenvalue weighted by molar-refractivity contribution is 0.102. The highest BCUT2D eigenvalue weighted by molar-refractivity contribution is 6.32. The van der Waals surface area contributed by atoms with Gasteiger partial charge < -0.3 is 9.73 Å².